The van der Waals surface area contributed by atoms with Crippen LogP contribution in [0.5, 0.6) is 0 Å². The Balaban J connectivity index is 3.68. The molecule has 0 unspecified atom stereocenters. The first-order valence-electron chi connectivity index (χ1n) is 2.74. The summed E-state index contributed by atoms with van der Waals surface area (Å²) in [6.07, 6.45) is -8.82. The molecule has 0 bridgehead atoms. The summed E-state index contributed by atoms with van der Waals surface area (Å²) < 4.78 is 69.2. The summed E-state index contributed by atoms with van der Waals surface area (Å²) in [7, 11) is 0. The molecule has 0 atom stereocenters. The molecule has 0 amide bonds. The third kappa shape index (κ3) is 5.66. The minimum atomic E-state index is -4.41. The average Bonchev–Trinajstić information content (AvgIpc) is 2.04. The van der Waals surface area contributed by atoms with Gasteiger partial charge >= 0.3 is 12.2 Å². The van der Waals surface area contributed by atoms with Crippen molar-refractivity contribution in [2.24, 2.45) is 0 Å². The van der Waals surface area contributed by atoms with Crippen molar-refractivity contribution in [1.82, 2.24) is 0 Å². The highest BCUT2D eigenvalue weighted by Gasteiger charge is 2.37. The van der Waals surface area contributed by atoms with Crippen LogP contribution in [0.3, 0.4) is 0 Å². The van der Waals surface area contributed by atoms with Crippen molar-refractivity contribution in [3.8, 4) is 0 Å². The van der Waals surface area contributed by atoms with Crippen LogP contribution in [0.4, 0.5) is 26.3 Å². The molecule has 0 aliphatic rings. The van der Waals surface area contributed by atoms with Crippen LogP contribution in [0, 0.1) is 0 Å². The molecule has 0 heterocycles. The maximum absolute atomic E-state index is 11.7. The van der Waals surface area contributed by atoms with E-state index in [1.54, 1.807) is 0 Å². The molecule has 3 nitrogen and oxygen atoms in total. The van der Waals surface area contributed by atoms with Gasteiger partial charge in [-0.05, 0) is 0 Å². The van der Waals surface area contributed by atoms with E-state index in [2.05, 4.69) is 14.8 Å². The third-order valence-corrected chi connectivity index (χ3v) is 0.623. The Morgan fingerprint density at radius 1 is 0.769 bits per heavy atom. The van der Waals surface area contributed by atoms with Gasteiger partial charge in [-0.3, -0.25) is 0 Å². The molecule has 0 saturated carbocycles. The Hall–Kier alpha value is -0.540. The highest BCUT2D eigenvalue weighted by atomic mass is 19.3. The lowest BCUT2D eigenvalue weighted by atomic mass is 10.7. The first kappa shape index (κ1) is 12.5. The van der Waals surface area contributed by atoms with E-state index in [9.17, 15) is 26.3 Å². The summed E-state index contributed by atoms with van der Waals surface area (Å²) in [5.41, 5.74) is 0. The molecular formula is C4H4F6O3. The van der Waals surface area contributed by atoms with Gasteiger partial charge < -0.3 is 0 Å². The van der Waals surface area contributed by atoms with E-state index in [4.69, 9.17) is 0 Å². The van der Waals surface area contributed by atoms with Gasteiger partial charge in [-0.15, -0.1) is 9.78 Å². The van der Waals surface area contributed by atoms with E-state index in [0.717, 1.165) is 0 Å². The first-order valence-corrected chi connectivity index (χ1v) is 2.74. The summed E-state index contributed by atoms with van der Waals surface area (Å²) in [6.45, 7) is -4.59. The zero-order valence-corrected chi connectivity index (χ0v) is 5.91. The molecule has 9 heteroatoms. The molecule has 80 valence electrons. The number of hydrogen-bond donors (Lipinski definition) is 0. The second kappa shape index (κ2) is 4.63. The number of halogens is 6. The molecule has 0 aromatic heterocycles. The van der Waals surface area contributed by atoms with Crippen molar-refractivity contribution < 1.29 is 41.2 Å². The molecule has 0 aromatic rings. The van der Waals surface area contributed by atoms with E-state index >= 15 is 0 Å². The topological polar surface area (TPSA) is 27.7 Å². The van der Waals surface area contributed by atoms with Crippen LogP contribution in [0.15, 0.2) is 0 Å². The maximum Gasteiger partial charge on any atom is 0.411 e. The zero-order chi connectivity index (χ0) is 10.5. The Morgan fingerprint density at radius 3 is 1.31 bits per heavy atom. The Kier molecular flexibility index (Phi) is 4.44. The van der Waals surface area contributed by atoms with E-state index < -0.39 is 25.6 Å². The molecule has 13 heavy (non-hydrogen) atoms. The monoisotopic (exact) mass is 214 g/mol. The molecule has 0 rings (SSSR count). The van der Waals surface area contributed by atoms with Crippen LogP contribution in [0.2, 0.25) is 0 Å². The second-order valence-electron chi connectivity index (χ2n) is 1.78. The van der Waals surface area contributed by atoms with Gasteiger partial charge in [0, 0.05) is 0 Å². The highest BCUT2D eigenvalue weighted by molar-refractivity contribution is 4.43. The smallest absolute Gasteiger partial charge is 0.241 e. The van der Waals surface area contributed by atoms with Gasteiger partial charge in [0.15, 0.2) is 13.3 Å². The maximum atomic E-state index is 11.7. The van der Waals surface area contributed by atoms with Gasteiger partial charge in [-0.25, -0.2) is 8.78 Å². The van der Waals surface area contributed by atoms with Crippen LogP contribution < -0.4 is 0 Å². The fourth-order valence-electron chi connectivity index (χ4n) is 0.161. The third-order valence-electron chi connectivity index (χ3n) is 0.623. The fourth-order valence-corrected chi connectivity index (χ4v) is 0.161. The van der Waals surface area contributed by atoms with Gasteiger partial charge in [0.2, 0.25) is 0 Å². The van der Waals surface area contributed by atoms with Gasteiger partial charge in [0.05, 0.1) is 0 Å². The van der Waals surface area contributed by atoms with Crippen LogP contribution in [-0.4, -0.2) is 25.6 Å². The fraction of sp³-hybridized carbons (Fsp3) is 1.00. The van der Waals surface area contributed by atoms with Gasteiger partial charge in [0.1, 0.15) is 0 Å². The van der Waals surface area contributed by atoms with Gasteiger partial charge in [-0.1, -0.05) is 5.04 Å². The molecular weight excluding hydrogens is 210 g/mol. The number of rotatable bonds is 6. The van der Waals surface area contributed by atoms with Gasteiger partial charge in [0.25, 0.3) is 0 Å². The van der Waals surface area contributed by atoms with E-state index in [0.29, 0.717) is 0 Å². The van der Waals surface area contributed by atoms with Crippen molar-refractivity contribution in [3.63, 3.8) is 0 Å². The summed E-state index contributed by atoms with van der Waals surface area (Å²) in [5, 5.41) is 2.76. The molecule has 0 saturated heterocycles. The lowest BCUT2D eigenvalue weighted by molar-refractivity contribution is -0.624. The van der Waals surface area contributed by atoms with Crippen LogP contribution in [0.25, 0.3) is 0 Å². The second-order valence-corrected chi connectivity index (χ2v) is 1.78. The Labute approximate surface area is 68.0 Å². The summed E-state index contributed by atoms with van der Waals surface area (Å²) in [4.78, 5) is 5.48. The first-order chi connectivity index (χ1) is 5.83. The largest absolute Gasteiger partial charge is 0.411 e. The van der Waals surface area contributed by atoms with Crippen LogP contribution in [-0.2, 0) is 14.8 Å². The number of hydrogen-bond acceptors (Lipinski definition) is 3. The summed E-state index contributed by atoms with van der Waals surface area (Å²) in [6, 6.07) is 0. The molecule has 0 N–H and O–H groups in total. The number of alkyl halides is 6. The predicted octanol–water partition coefficient (Wildman–Crippen LogP) is 1.99. The quantitative estimate of drug-likeness (QED) is 0.384. The lowest BCUT2D eigenvalue weighted by Crippen LogP contribution is -2.29. The standard InChI is InChI=1S/C4H4F6O3/c5-1-3(7,8)11-13-12-4(9,10)2-6/h1-2H2. The highest BCUT2D eigenvalue weighted by Crippen LogP contribution is 2.20. The molecule has 0 aliphatic carbocycles. The summed E-state index contributed by atoms with van der Waals surface area (Å²) in [5.74, 6) is 0. The molecule has 0 aliphatic heterocycles. The van der Waals surface area contributed by atoms with Crippen molar-refractivity contribution in [3.05, 3.63) is 0 Å². The normalized spacial score (nSPS) is 13.4. The van der Waals surface area contributed by atoms with Crippen molar-refractivity contribution in [2.75, 3.05) is 13.3 Å². The molecule has 0 fully saturated rings. The van der Waals surface area contributed by atoms with Crippen LogP contribution in [0.1, 0.15) is 0 Å². The van der Waals surface area contributed by atoms with E-state index in [1.165, 1.54) is 0 Å². The zero-order valence-electron chi connectivity index (χ0n) is 5.91. The van der Waals surface area contributed by atoms with Crippen LogP contribution >= 0.6 is 0 Å². The van der Waals surface area contributed by atoms with Crippen molar-refractivity contribution >= 4 is 0 Å². The van der Waals surface area contributed by atoms with Crippen molar-refractivity contribution in [1.29, 1.82) is 0 Å². The predicted molar refractivity (Wildman–Crippen MR) is 25.1 cm³/mol. The van der Waals surface area contributed by atoms with Gasteiger partial charge in [-0.2, -0.15) is 17.6 Å². The Bertz CT molecular complexity index is 135. The molecule has 0 radical (unpaired) electrons. The molecule has 0 aromatic carbocycles. The van der Waals surface area contributed by atoms with E-state index in [1.807, 2.05) is 0 Å². The van der Waals surface area contributed by atoms with Crippen molar-refractivity contribution in [2.45, 2.75) is 12.2 Å². The van der Waals surface area contributed by atoms with E-state index in [-0.39, 0.29) is 0 Å². The Morgan fingerprint density at radius 2 is 1.08 bits per heavy atom. The SMILES string of the molecule is FCC(F)(F)OOOC(F)(F)CF. The minimum absolute atomic E-state index is 2.29. The summed E-state index contributed by atoms with van der Waals surface area (Å²) >= 11 is 0. The minimum Gasteiger partial charge on any atom is -0.241 e. The molecule has 0 spiro atoms. The lowest BCUT2D eigenvalue weighted by Gasteiger charge is -2.13. The average molecular weight is 214 g/mol.